The maximum absolute atomic E-state index is 10.8. The Labute approximate surface area is 70.6 Å². The molecular weight excluding hydrogens is 152 g/mol. The van der Waals surface area contributed by atoms with E-state index in [1.807, 2.05) is 24.4 Å². The third-order valence-corrected chi connectivity index (χ3v) is 2.16. The van der Waals surface area contributed by atoms with Crippen molar-refractivity contribution < 1.29 is 4.79 Å². The Kier molecular flexibility index (Phi) is 1.50. The quantitative estimate of drug-likeness (QED) is 0.579. The molecule has 1 aliphatic carbocycles. The minimum atomic E-state index is -0.346. The first kappa shape index (κ1) is 7.16. The summed E-state index contributed by atoms with van der Waals surface area (Å²) >= 11 is 0. The van der Waals surface area contributed by atoms with Crippen LogP contribution in [0.4, 0.5) is 0 Å². The van der Waals surface area contributed by atoms with Gasteiger partial charge in [-0.15, -0.1) is 0 Å². The monoisotopic (exact) mass is 162 g/mol. The summed E-state index contributed by atoms with van der Waals surface area (Å²) in [6, 6.07) is 0.355. The van der Waals surface area contributed by atoms with Crippen molar-refractivity contribution >= 4 is 5.91 Å². The molecule has 0 saturated carbocycles. The number of carbonyl (C=O) groups excluding carboxylic acids is 1. The fourth-order valence-corrected chi connectivity index (χ4v) is 1.48. The Morgan fingerprint density at radius 1 is 1.67 bits per heavy atom. The lowest BCUT2D eigenvalue weighted by atomic mass is 9.96. The third kappa shape index (κ3) is 1.03. The number of fused-ring (bicyclic) bond motifs is 1. The van der Waals surface area contributed by atoms with Crippen molar-refractivity contribution in [2.75, 3.05) is 0 Å². The Morgan fingerprint density at radius 3 is 3.25 bits per heavy atom. The second kappa shape index (κ2) is 2.52. The van der Waals surface area contributed by atoms with E-state index in [9.17, 15) is 4.79 Å². The Hall–Kier alpha value is -1.51. The molecule has 3 nitrogen and oxygen atoms in total. The highest BCUT2D eigenvalue weighted by atomic mass is 16.1. The van der Waals surface area contributed by atoms with Crippen LogP contribution in [0.1, 0.15) is 6.42 Å². The van der Waals surface area contributed by atoms with Crippen molar-refractivity contribution in [2.45, 2.75) is 12.5 Å². The number of primary amides is 1. The third-order valence-electron chi connectivity index (χ3n) is 2.16. The molecule has 0 saturated heterocycles. The molecule has 1 atom stereocenters. The fourth-order valence-electron chi connectivity index (χ4n) is 1.48. The van der Waals surface area contributed by atoms with E-state index in [0.29, 0.717) is 11.6 Å². The smallest absolute Gasteiger partial charge is 0.248 e. The number of carbonyl (C=O) groups is 1. The zero-order valence-corrected chi connectivity index (χ0v) is 6.58. The summed E-state index contributed by atoms with van der Waals surface area (Å²) in [5.74, 6) is -0.346. The highest BCUT2D eigenvalue weighted by molar-refractivity contribution is 5.95. The molecule has 62 valence electrons. The van der Waals surface area contributed by atoms with Gasteiger partial charge in [0.25, 0.3) is 0 Å². The van der Waals surface area contributed by atoms with Crippen LogP contribution in [0.2, 0.25) is 0 Å². The van der Waals surface area contributed by atoms with Crippen molar-refractivity contribution in [2.24, 2.45) is 5.73 Å². The summed E-state index contributed by atoms with van der Waals surface area (Å²) in [5, 5.41) is 3.17. The molecule has 0 radical (unpaired) electrons. The van der Waals surface area contributed by atoms with Crippen molar-refractivity contribution in [1.82, 2.24) is 5.32 Å². The first-order valence-electron chi connectivity index (χ1n) is 3.91. The van der Waals surface area contributed by atoms with Gasteiger partial charge in [0.1, 0.15) is 0 Å². The molecule has 3 N–H and O–H groups in total. The Morgan fingerprint density at radius 2 is 2.50 bits per heavy atom. The molecule has 1 unspecified atom stereocenters. The summed E-state index contributed by atoms with van der Waals surface area (Å²) < 4.78 is 0. The molecule has 1 amide bonds. The average molecular weight is 162 g/mol. The molecule has 0 bridgehead atoms. The normalized spacial score (nSPS) is 25.5. The van der Waals surface area contributed by atoms with Crippen LogP contribution in [0.5, 0.6) is 0 Å². The van der Waals surface area contributed by atoms with Crippen LogP contribution in [-0.4, -0.2) is 11.9 Å². The van der Waals surface area contributed by atoms with E-state index in [2.05, 4.69) is 5.32 Å². The molecule has 1 heterocycles. The summed E-state index contributed by atoms with van der Waals surface area (Å²) in [4.78, 5) is 10.8. The van der Waals surface area contributed by atoms with Crippen LogP contribution in [-0.2, 0) is 4.79 Å². The van der Waals surface area contributed by atoms with E-state index in [1.165, 1.54) is 0 Å². The number of hydrogen-bond donors (Lipinski definition) is 2. The maximum atomic E-state index is 10.8. The number of amides is 1. The van der Waals surface area contributed by atoms with E-state index in [4.69, 9.17) is 5.73 Å². The highest BCUT2D eigenvalue weighted by Gasteiger charge is 2.19. The lowest BCUT2D eigenvalue weighted by Crippen LogP contribution is -2.24. The largest absolute Gasteiger partial charge is 0.384 e. The molecule has 12 heavy (non-hydrogen) atoms. The summed E-state index contributed by atoms with van der Waals surface area (Å²) in [7, 11) is 0. The van der Waals surface area contributed by atoms with E-state index < -0.39 is 0 Å². The number of rotatable bonds is 1. The molecule has 0 aromatic carbocycles. The minimum Gasteiger partial charge on any atom is -0.384 e. The van der Waals surface area contributed by atoms with Gasteiger partial charge < -0.3 is 11.1 Å². The molecule has 2 rings (SSSR count). The number of nitrogens with one attached hydrogen (secondary N) is 1. The molecule has 0 fully saturated rings. The van der Waals surface area contributed by atoms with Gasteiger partial charge in [-0.05, 0) is 30.3 Å². The van der Waals surface area contributed by atoms with Gasteiger partial charge in [-0.3, -0.25) is 4.79 Å². The van der Waals surface area contributed by atoms with Crippen molar-refractivity contribution in [3.05, 3.63) is 35.6 Å². The van der Waals surface area contributed by atoms with Crippen molar-refractivity contribution in [3.63, 3.8) is 0 Å². The van der Waals surface area contributed by atoms with E-state index in [-0.39, 0.29) is 5.91 Å². The molecule has 0 spiro atoms. The van der Waals surface area contributed by atoms with Gasteiger partial charge in [0.05, 0.1) is 6.04 Å². The zero-order chi connectivity index (χ0) is 8.55. The van der Waals surface area contributed by atoms with Crippen molar-refractivity contribution in [1.29, 1.82) is 0 Å². The van der Waals surface area contributed by atoms with Gasteiger partial charge in [-0.25, -0.2) is 0 Å². The SMILES string of the molecule is NC(=O)C1=CCC2NC=CC2=C1. The maximum Gasteiger partial charge on any atom is 0.248 e. The van der Waals surface area contributed by atoms with Gasteiger partial charge in [0, 0.05) is 5.57 Å². The Bertz CT molecular complexity index is 312. The first-order chi connectivity index (χ1) is 5.77. The van der Waals surface area contributed by atoms with Gasteiger partial charge in [-0.1, -0.05) is 6.08 Å². The van der Waals surface area contributed by atoms with Gasteiger partial charge in [-0.2, -0.15) is 0 Å². The highest BCUT2D eigenvalue weighted by Crippen LogP contribution is 2.21. The summed E-state index contributed by atoms with van der Waals surface area (Å²) in [5.41, 5.74) is 6.92. The molecule has 3 heteroatoms. The predicted octanol–water partition coefficient (Wildman–Crippen LogP) is 0.214. The molecule has 2 aliphatic rings. The second-order valence-corrected chi connectivity index (χ2v) is 2.96. The van der Waals surface area contributed by atoms with Crippen LogP contribution < -0.4 is 11.1 Å². The fraction of sp³-hybridized carbons (Fsp3) is 0.222. The van der Waals surface area contributed by atoms with Crippen LogP contribution in [0.25, 0.3) is 0 Å². The van der Waals surface area contributed by atoms with Crippen molar-refractivity contribution in [3.8, 4) is 0 Å². The predicted molar refractivity (Wildman–Crippen MR) is 46.0 cm³/mol. The molecule has 0 aromatic heterocycles. The topological polar surface area (TPSA) is 55.1 Å². The molecule has 0 aromatic rings. The standard InChI is InChI=1S/C9H10N2O/c10-9(12)7-1-2-8-6(5-7)3-4-11-8/h1,3-5,8,11H,2H2,(H2,10,12). The van der Waals surface area contributed by atoms with Gasteiger partial charge >= 0.3 is 0 Å². The van der Waals surface area contributed by atoms with Gasteiger partial charge in [0.2, 0.25) is 5.91 Å². The lowest BCUT2D eigenvalue weighted by molar-refractivity contribution is -0.114. The first-order valence-corrected chi connectivity index (χ1v) is 3.91. The zero-order valence-electron chi connectivity index (χ0n) is 6.58. The second-order valence-electron chi connectivity index (χ2n) is 2.96. The van der Waals surface area contributed by atoms with Gasteiger partial charge in [0.15, 0.2) is 0 Å². The average Bonchev–Trinajstić information content (AvgIpc) is 2.49. The van der Waals surface area contributed by atoms with E-state index in [1.54, 1.807) is 0 Å². The van der Waals surface area contributed by atoms with Crippen LogP contribution in [0.3, 0.4) is 0 Å². The number of nitrogens with two attached hydrogens (primary N) is 1. The number of hydrogen-bond acceptors (Lipinski definition) is 2. The molecule has 1 aliphatic heterocycles. The van der Waals surface area contributed by atoms with Crippen LogP contribution in [0.15, 0.2) is 35.6 Å². The summed E-state index contributed by atoms with van der Waals surface area (Å²) in [6.07, 6.45) is 8.43. The molecular formula is C9H10N2O. The van der Waals surface area contributed by atoms with Crippen LogP contribution >= 0.6 is 0 Å². The van der Waals surface area contributed by atoms with E-state index in [0.717, 1.165) is 12.0 Å². The van der Waals surface area contributed by atoms with E-state index >= 15 is 0 Å². The lowest BCUT2D eigenvalue weighted by Gasteiger charge is -2.15. The summed E-state index contributed by atoms with van der Waals surface area (Å²) in [6.45, 7) is 0. The Balaban J connectivity index is 2.28. The van der Waals surface area contributed by atoms with Crippen LogP contribution in [0, 0.1) is 0 Å². The minimum absolute atomic E-state index is 0.346.